The maximum Gasteiger partial charge on any atom is 0.351 e. The molecule has 7 rings (SSSR count). The maximum absolute atomic E-state index is 13.6. The Morgan fingerprint density at radius 2 is 1.56 bits per heavy atom. The number of benzene rings is 3. The van der Waals surface area contributed by atoms with E-state index in [0.717, 1.165) is 31.8 Å². The van der Waals surface area contributed by atoms with Gasteiger partial charge in [0, 0.05) is 31.0 Å². The minimum absolute atomic E-state index is 0.114. The summed E-state index contributed by atoms with van der Waals surface area (Å²) in [4.78, 5) is 31.6. The molecule has 1 aromatic heterocycles. The number of rotatable bonds is 11. The van der Waals surface area contributed by atoms with E-state index in [2.05, 4.69) is 10.3 Å². The number of sulfonamides is 1. The van der Waals surface area contributed by atoms with Gasteiger partial charge in [-0.25, -0.2) is 18.0 Å². The second-order valence-corrected chi connectivity index (χ2v) is 14.9. The van der Waals surface area contributed by atoms with E-state index in [4.69, 9.17) is 18.9 Å². The zero-order valence-corrected chi connectivity index (χ0v) is 29.8. The smallest absolute Gasteiger partial charge is 0.351 e. The van der Waals surface area contributed by atoms with Crippen molar-refractivity contribution in [1.29, 1.82) is 0 Å². The number of ether oxygens (including phenoxy) is 4. The Labute approximate surface area is 300 Å². The Hall–Kier alpha value is -5.06. The summed E-state index contributed by atoms with van der Waals surface area (Å²) in [7, 11) is -0.766. The zero-order valence-electron chi connectivity index (χ0n) is 29.0. The average Bonchev–Trinajstić information content (AvgIpc) is 3.60. The molecule has 2 bridgehead atoms. The van der Waals surface area contributed by atoms with Crippen molar-refractivity contribution in [1.82, 2.24) is 19.2 Å². The molecule has 14 nitrogen and oxygen atoms in total. The molecule has 2 saturated heterocycles. The number of carbonyl (C=O) groups excluding carboxylic acids is 1. The molecule has 272 valence electrons. The molecular formula is C37H39N5O9S. The monoisotopic (exact) mass is 729 g/mol. The van der Waals surface area contributed by atoms with E-state index < -0.39 is 51.3 Å². The predicted molar refractivity (Wildman–Crippen MR) is 191 cm³/mol. The van der Waals surface area contributed by atoms with Gasteiger partial charge < -0.3 is 29.4 Å². The number of nitrogens with one attached hydrogen (secondary N) is 1. The van der Waals surface area contributed by atoms with Crippen LogP contribution in [-0.4, -0.2) is 91.3 Å². The Kier molecular flexibility index (Phi) is 9.17. The first-order valence-corrected chi connectivity index (χ1v) is 18.4. The number of fused-ring (bicyclic) bond motifs is 2. The number of morpholine rings is 1. The summed E-state index contributed by atoms with van der Waals surface area (Å²) in [5, 5.41) is 14.7. The molecule has 2 amide bonds. The Morgan fingerprint density at radius 1 is 0.962 bits per heavy atom. The number of urea groups is 1. The van der Waals surface area contributed by atoms with Crippen LogP contribution < -0.4 is 25.4 Å². The number of hydrogen-bond acceptors (Lipinski definition) is 10. The van der Waals surface area contributed by atoms with E-state index in [9.17, 15) is 23.1 Å². The van der Waals surface area contributed by atoms with Crippen LogP contribution in [0.3, 0.4) is 0 Å². The molecule has 2 N–H and O–H groups in total. The molecule has 3 aromatic carbocycles. The molecule has 2 fully saturated rings. The summed E-state index contributed by atoms with van der Waals surface area (Å²) >= 11 is 0. The summed E-state index contributed by atoms with van der Waals surface area (Å²) in [6, 6.07) is 22.7. The molecule has 4 aromatic rings. The Bertz CT molecular complexity index is 2110. The van der Waals surface area contributed by atoms with E-state index >= 15 is 0 Å². The molecule has 0 spiro atoms. The highest BCUT2D eigenvalue weighted by Crippen LogP contribution is 2.50. The highest BCUT2D eigenvalue weighted by atomic mass is 32.2. The number of aliphatic hydroxyl groups is 1. The van der Waals surface area contributed by atoms with Crippen LogP contribution in [0.1, 0.15) is 28.5 Å². The SMILES string of the molecule is COc1ccc(C(OC[C@@]23CN(S(C)(=O)=O)[C@@H]([C@H](n4cc(C)c(N5C=CCNC5=O)nc4=O)O2)[C@@H]3O)(c2ccccc2)c2ccc(OC)cc2)cc1. The van der Waals surface area contributed by atoms with Crippen molar-refractivity contribution in [3.63, 3.8) is 0 Å². The first-order valence-electron chi connectivity index (χ1n) is 16.6. The Balaban J connectivity index is 1.33. The second-order valence-electron chi connectivity index (χ2n) is 13.0. The number of hydrogen-bond donors (Lipinski definition) is 2. The van der Waals surface area contributed by atoms with E-state index in [-0.39, 0.29) is 19.0 Å². The lowest BCUT2D eigenvalue weighted by Gasteiger charge is -2.41. The van der Waals surface area contributed by atoms with E-state index in [1.807, 2.05) is 78.9 Å². The fraction of sp³-hybridized carbons (Fsp3) is 0.324. The number of carbonyl (C=O) groups is 1. The highest BCUT2D eigenvalue weighted by Gasteiger charge is 2.67. The molecule has 0 unspecified atom stereocenters. The third kappa shape index (κ3) is 5.93. The molecule has 4 heterocycles. The molecule has 0 saturated carbocycles. The van der Waals surface area contributed by atoms with Crippen LogP contribution in [0.15, 0.2) is 102 Å². The number of aliphatic hydroxyl groups excluding tert-OH is 1. The lowest BCUT2D eigenvalue weighted by Crippen LogP contribution is -2.52. The lowest BCUT2D eigenvalue weighted by molar-refractivity contribution is -0.171. The topological polar surface area (TPSA) is 162 Å². The van der Waals surface area contributed by atoms with Gasteiger partial charge in [0.1, 0.15) is 28.8 Å². The summed E-state index contributed by atoms with van der Waals surface area (Å²) in [6.07, 6.45) is 3.06. The summed E-state index contributed by atoms with van der Waals surface area (Å²) in [5.74, 6) is 1.38. The van der Waals surface area contributed by atoms with Crippen LogP contribution in [0.4, 0.5) is 10.6 Å². The molecule has 3 aliphatic heterocycles. The van der Waals surface area contributed by atoms with Crippen molar-refractivity contribution in [2.24, 2.45) is 0 Å². The van der Waals surface area contributed by atoms with Crippen molar-refractivity contribution in [3.05, 3.63) is 130 Å². The fourth-order valence-electron chi connectivity index (χ4n) is 7.28. The van der Waals surface area contributed by atoms with E-state index in [1.54, 1.807) is 27.2 Å². The predicted octanol–water partition coefficient (Wildman–Crippen LogP) is 2.89. The van der Waals surface area contributed by atoms with Gasteiger partial charge in [0.2, 0.25) is 10.0 Å². The van der Waals surface area contributed by atoms with Crippen molar-refractivity contribution >= 4 is 21.9 Å². The van der Waals surface area contributed by atoms with Crippen molar-refractivity contribution in [2.45, 2.75) is 36.5 Å². The third-order valence-corrected chi connectivity index (χ3v) is 11.1. The number of amides is 2. The van der Waals surface area contributed by atoms with Crippen LogP contribution in [0, 0.1) is 6.92 Å². The van der Waals surface area contributed by atoms with Gasteiger partial charge in [0.25, 0.3) is 0 Å². The number of nitrogens with zero attached hydrogens (tertiary/aromatic N) is 4. The molecule has 4 atom stereocenters. The largest absolute Gasteiger partial charge is 0.497 e. The first kappa shape index (κ1) is 35.3. The van der Waals surface area contributed by atoms with Crippen molar-refractivity contribution in [3.8, 4) is 11.5 Å². The number of methoxy groups -OCH3 is 2. The second kappa shape index (κ2) is 13.5. The first-order chi connectivity index (χ1) is 24.9. The van der Waals surface area contributed by atoms with Crippen LogP contribution in [0.2, 0.25) is 0 Å². The molecular weight excluding hydrogens is 690 g/mol. The van der Waals surface area contributed by atoms with Crippen LogP contribution in [0.5, 0.6) is 11.5 Å². The van der Waals surface area contributed by atoms with Crippen LogP contribution >= 0.6 is 0 Å². The Morgan fingerprint density at radius 3 is 2.12 bits per heavy atom. The number of aryl methyl sites for hydroxylation is 1. The minimum atomic E-state index is -3.92. The van der Waals surface area contributed by atoms with Gasteiger partial charge in [-0.1, -0.05) is 54.6 Å². The number of anilines is 1. The van der Waals surface area contributed by atoms with Gasteiger partial charge in [-0.15, -0.1) is 0 Å². The molecule has 15 heteroatoms. The van der Waals surface area contributed by atoms with Gasteiger partial charge in [-0.3, -0.25) is 9.47 Å². The number of aromatic nitrogens is 2. The molecule has 0 radical (unpaired) electrons. The zero-order chi connectivity index (χ0) is 36.8. The molecule has 52 heavy (non-hydrogen) atoms. The van der Waals surface area contributed by atoms with E-state index in [1.165, 1.54) is 17.3 Å². The maximum atomic E-state index is 13.6. The molecule has 3 aliphatic rings. The van der Waals surface area contributed by atoms with Gasteiger partial charge >= 0.3 is 11.7 Å². The standard InChI is InChI=1S/C37H39N5O9S/c1-24-21-41(35(45)39-32(24)40-20-8-19-38-34(40)44)33-30-31(43)36(51-33,22-42(30)52(4,46)47)23-50-37(25-9-6-5-7-10-25,26-11-15-28(48-2)16-12-26)27-13-17-29(49-3)18-14-27/h5-18,20-21,30-31,33,43H,19,22-23H2,1-4H3,(H,38,44)/t30-,31+,33-,36-/m1/s1. The van der Waals surface area contributed by atoms with Crippen molar-refractivity contribution in [2.75, 3.05) is 45.1 Å². The highest BCUT2D eigenvalue weighted by molar-refractivity contribution is 7.88. The van der Waals surface area contributed by atoms with Gasteiger partial charge in [-0.05, 0) is 54.0 Å². The molecule has 0 aliphatic carbocycles. The average molecular weight is 730 g/mol. The third-order valence-electron chi connectivity index (χ3n) is 9.85. The van der Waals surface area contributed by atoms with Gasteiger partial charge in [0.05, 0.1) is 33.1 Å². The van der Waals surface area contributed by atoms with E-state index in [0.29, 0.717) is 23.6 Å². The lowest BCUT2D eigenvalue weighted by atomic mass is 9.79. The van der Waals surface area contributed by atoms with Gasteiger partial charge in [0.15, 0.2) is 12.0 Å². The summed E-state index contributed by atoms with van der Waals surface area (Å²) in [6.45, 7) is 1.48. The minimum Gasteiger partial charge on any atom is -0.497 e. The summed E-state index contributed by atoms with van der Waals surface area (Å²) in [5.41, 5.74) is -1.06. The van der Waals surface area contributed by atoms with Crippen molar-refractivity contribution < 1.29 is 37.3 Å². The van der Waals surface area contributed by atoms with Crippen LogP contribution in [0.25, 0.3) is 0 Å². The fourth-order valence-corrected chi connectivity index (χ4v) is 8.40. The van der Waals surface area contributed by atoms with Gasteiger partial charge in [-0.2, -0.15) is 9.29 Å². The van der Waals surface area contributed by atoms with Crippen LogP contribution in [-0.2, 0) is 25.1 Å². The quantitative estimate of drug-likeness (QED) is 0.220. The summed E-state index contributed by atoms with van der Waals surface area (Å²) < 4.78 is 53.4. The normalized spacial score (nSPS) is 23.1.